The number of amidine groups is 1. The molecule has 3 aromatic rings. The number of benzene rings is 2. The number of pyridine rings is 1. The van der Waals surface area contributed by atoms with Crippen molar-refractivity contribution in [3.63, 3.8) is 0 Å². The van der Waals surface area contributed by atoms with E-state index in [1.54, 1.807) is 0 Å². The zero-order valence-electron chi connectivity index (χ0n) is 20.4. The van der Waals surface area contributed by atoms with Crippen LogP contribution in [-0.4, -0.2) is 32.2 Å². The van der Waals surface area contributed by atoms with Crippen LogP contribution in [0.3, 0.4) is 0 Å². The Morgan fingerprint density at radius 1 is 1.27 bits per heavy atom. The minimum atomic E-state index is -4.01. The van der Waals surface area contributed by atoms with Crippen LogP contribution in [0.5, 0.6) is 5.75 Å². The van der Waals surface area contributed by atoms with Crippen LogP contribution < -0.4 is 55.6 Å². The van der Waals surface area contributed by atoms with Crippen molar-refractivity contribution in [2.24, 2.45) is 10.7 Å². The molecule has 1 aromatic heterocycles. The molecule has 2 aliphatic rings. The van der Waals surface area contributed by atoms with E-state index in [0.29, 0.717) is 18.0 Å². The third kappa shape index (κ3) is 5.50. The van der Waals surface area contributed by atoms with E-state index in [1.165, 1.54) is 34.9 Å². The predicted molar refractivity (Wildman–Crippen MR) is 134 cm³/mol. The van der Waals surface area contributed by atoms with Crippen LogP contribution in [0.1, 0.15) is 24.8 Å². The molecule has 190 valence electrons. The molecule has 0 amide bonds. The molecular weight excluding hydrogens is 533 g/mol. The van der Waals surface area contributed by atoms with Crippen LogP contribution in [-0.2, 0) is 25.7 Å². The first kappa shape index (κ1) is 27.8. The Balaban J connectivity index is 0.00000320. The number of hydrogen-bond donors (Lipinski definition) is 2. The minimum Gasteiger partial charge on any atom is -0.871 e. The summed E-state index contributed by atoms with van der Waals surface area (Å²) in [6.45, 7) is 0.339. The molecule has 10 nitrogen and oxygen atoms in total. The van der Waals surface area contributed by atoms with Crippen LogP contribution in [0.25, 0.3) is 10.9 Å². The fourth-order valence-corrected chi connectivity index (χ4v) is 6.38. The minimum absolute atomic E-state index is 0. The van der Waals surface area contributed by atoms with Crippen molar-refractivity contribution in [3.05, 3.63) is 58.1 Å². The molecule has 2 aromatic carbocycles. The van der Waals surface area contributed by atoms with E-state index in [-0.39, 0.29) is 63.0 Å². The van der Waals surface area contributed by atoms with Gasteiger partial charge in [0.1, 0.15) is 11.7 Å². The van der Waals surface area contributed by atoms with Crippen LogP contribution in [0, 0.1) is 11.7 Å². The largest absolute Gasteiger partial charge is 1.00 e. The van der Waals surface area contributed by atoms with Gasteiger partial charge in [-0.3, -0.25) is 14.1 Å². The van der Waals surface area contributed by atoms with Crippen molar-refractivity contribution in [3.8, 4) is 5.75 Å². The molecule has 1 aliphatic carbocycles. The van der Waals surface area contributed by atoms with Gasteiger partial charge in [0.2, 0.25) is 10.0 Å². The fourth-order valence-electron chi connectivity index (χ4n) is 4.29. The summed E-state index contributed by atoms with van der Waals surface area (Å²) in [6, 6.07) is 7.87. The van der Waals surface area contributed by atoms with Crippen LogP contribution >= 0.6 is 7.52 Å². The van der Waals surface area contributed by atoms with E-state index in [2.05, 4.69) is 14.8 Å². The molecule has 1 fully saturated rings. The van der Waals surface area contributed by atoms with Gasteiger partial charge in [0.15, 0.2) is 0 Å². The monoisotopic (exact) mass is 556 g/mol. The Labute approximate surface area is 234 Å². The molecule has 2 heterocycles. The molecule has 1 saturated carbocycles. The number of nitrogens with zero attached hydrogens (tertiary/aromatic N) is 2. The Morgan fingerprint density at radius 2 is 2.00 bits per heavy atom. The quantitative estimate of drug-likeness (QED) is 0.301. The molecule has 14 heteroatoms. The van der Waals surface area contributed by atoms with Gasteiger partial charge in [0, 0.05) is 19.3 Å². The summed E-state index contributed by atoms with van der Waals surface area (Å²) in [5.74, 6) is -1.12. The van der Waals surface area contributed by atoms with Gasteiger partial charge < -0.3 is 19.5 Å². The van der Waals surface area contributed by atoms with Crippen LogP contribution in [0.15, 0.2) is 46.0 Å². The van der Waals surface area contributed by atoms with Gasteiger partial charge in [-0.25, -0.2) is 12.8 Å². The number of aryl methyl sites for hydroxylation is 1. The van der Waals surface area contributed by atoms with Crippen molar-refractivity contribution in [2.45, 2.75) is 25.8 Å². The summed E-state index contributed by atoms with van der Waals surface area (Å²) in [6.07, 6.45) is 3.86. The molecule has 1 unspecified atom stereocenters. The second-order valence-corrected chi connectivity index (χ2v) is 12.8. The Hall–Kier alpha value is -2.21. The summed E-state index contributed by atoms with van der Waals surface area (Å²) in [5, 5.41) is 16.4. The second-order valence-electron chi connectivity index (χ2n) is 8.94. The summed E-state index contributed by atoms with van der Waals surface area (Å²) >= 11 is 0. The summed E-state index contributed by atoms with van der Waals surface area (Å²) < 4.78 is 64.1. The number of anilines is 2. The summed E-state index contributed by atoms with van der Waals surface area (Å²) in [4.78, 5) is 13.6. The van der Waals surface area contributed by atoms with Crippen molar-refractivity contribution in [1.29, 1.82) is 0 Å². The molecule has 1 atom stereocenters. The number of fused-ring (bicyclic) bond motifs is 2. The van der Waals surface area contributed by atoms with Crippen LogP contribution in [0.4, 0.5) is 15.8 Å². The number of sulfonamides is 1. The smallest absolute Gasteiger partial charge is 0.871 e. The molecule has 0 saturated heterocycles. The number of aromatic nitrogens is 1. The van der Waals surface area contributed by atoms with Crippen molar-refractivity contribution < 1.29 is 56.6 Å². The Bertz CT molecular complexity index is 1660. The van der Waals surface area contributed by atoms with Crippen molar-refractivity contribution in [2.75, 3.05) is 23.4 Å². The average Bonchev–Trinajstić information content (AvgIpc) is 3.63. The zero-order valence-corrected chi connectivity index (χ0v) is 24.2. The first-order valence-electron chi connectivity index (χ1n) is 11.2. The SMILES string of the molecule is COP1(=O)N=C(c2c([O-])c3cc(F)ccc3n(CCC3CC3)c2=O)Nc2ccc(NS(C)(=O)=O)cc21.[Na+]. The second kappa shape index (κ2) is 10.2. The third-order valence-corrected chi connectivity index (χ3v) is 8.76. The molecule has 37 heavy (non-hydrogen) atoms. The van der Waals surface area contributed by atoms with Gasteiger partial charge in [0.05, 0.1) is 28.3 Å². The maximum Gasteiger partial charge on any atom is 1.00 e. The predicted octanol–water partition coefficient (Wildman–Crippen LogP) is -0.273. The first-order chi connectivity index (χ1) is 17.0. The third-order valence-electron chi connectivity index (χ3n) is 6.21. The topological polar surface area (TPSA) is 142 Å². The molecule has 2 N–H and O–H groups in total. The van der Waals surface area contributed by atoms with Crippen molar-refractivity contribution >= 4 is 51.0 Å². The van der Waals surface area contributed by atoms with Gasteiger partial charge >= 0.3 is 37.1 Å². The van der Waals surface area contributed by atoms with E-state index < -0.39 is 34.7 Å². The number of rotatable bonds is 7. The molecule has 5 rings (SSSR count). The number of nitrogens with one attached hydrogen (secondary N) is 2. The van der Waals surface area contributed by atoms with Gasteiger partial charge in [-0.05, 0) is 54.1 Å². The van der Waals surface area contributed by atoms with Gasteiger partial charge in [0.25, 0.3) is 5.56 Å². The van der Waals surface area contributed by atoms with Crippen molar-refractivity contribution in [1.82, 2.24) is 4.57 Å². The molecular formula is C23H23FN4NaO6PS. The maximum absolute atomic E-state index is 14.1. The Kier molecular flexibility index (Phi) is 7.64. The van der Waals surface area contributed by atoms with E-state index in [1.807, 2.05) is 0 Å². The summed E-state index contributed by atoms with van der Waals surface area (Å²) in [7, 11) is -6.45. The van der Waals surface area contributed by atoms with Gasteiger partial charge in [-0.2, -0.15) is 4.76 Å². The molecule has 0 spiro atoms. The Morgan fingerprint density at radius 3 is 2.65 bits per heavy atom. The standard InChI is InChI=1S/C23H24FN4O6PS.Na/c1-34-35(31)19-12-15(27-36(2,32)33)6-7-17(19)25-22(26-35)20-21(29)16-11-14(24)5-8-18(16)28(23(20)30)10-9-13-3-4-13;/h5-8,11-13,27,29H,3-4,9-10H2,1-2H3,(H,25,26,31);/q;+1/p-1. The fraction of sp³-hybridized carbons (Fsp3) is 0.304. The maximum atomic E-state index is 14.1. The zero-order chi connectivity index (χ0) is 25.8. The normalized spacial score (nSPS) is 18.9. The van der Waals surface area contributed by atoms with Gasteiger partial charge in [-0.1, -0.05) is 18.6 Å². The van der Waals surface area contributed by atoms with E-state index in [9.17, 15) is 27.3 Å². The van der Waals surface area contributed by atoms with E-state index >= 15 is 0 Å². The molecule has 0 bridgehead atoms. The average molecular weight is 556 g/mol. The molecule has 0 radical (unpaired) electrons. The first-order valence-corrected chi connectivity index (χ1v) is 14.6. The van der Waals surface area contributed by atoms with Gasteiger partial charge in [-0.15, -0.1) is 0 Å². The van der Waals surface area contributed by atoms with E-state index in [0.717, 1.165) is 38.7 Å². The number of halogens is 1. The molecule has 1 aliphatic heterocycles. The van der Waals surface area contributed by atoms with Crippen LogP contribution in [0.2, 0.25) is 0 Å². The number of hydrogen-bond acceptors (Lipinski definition) is 7. The van der Waals surface area contributed by atoms with E-state index in [4.69, 9.17) is 4.52 Å². The summed E-state index contributed by atoms with van der Waals surface area (Å²) in [5.41, 5.74) is -0.314.